The molecular weight excluding hydrogens is 364 g/mol. The summed E-state index contributed by atoms with van der Waals surface area (Å²) in [4.78, 5) is 13.7. The Kier molecular flexibility index (Phi) is 4.61. The third kappa shape index (κ3) is 2.70. The molecule has 29 heavy (non-hydrogen) atoms. The minimum absolute atomic E-state index is 0.0680. The zero-order valence-electron chi connectivity index (χ0n) is 16.6. The van der Waals surface area contributed by atoms with Gasteiger partial charge in [-0.15, -0.1) is 0 Å². The summed E-state index contributed by atoms with van der Waals surface area (Å²) in [5.74, 6) is 0.565. The topological polar surface area (TPSA) is 44.8 Å². The van der Waals surface area contributed by atoms with Crippen LogP contribution in [-0.2, 0) is 19.0 Å². The van der Waals surface area contributed by atoms with Gasteiger partial charge in [-0.3, -0.25) is 4.79 Å². The van der Waals surface area contributed by atoms with Gasteiger partial charge < -0.3 is 14.2 Å². The molecule has 4 atom stereocenters. The lowest BCUT2D eigenvalue weighted by Crippen LogP contribution is -2.24. The second kappa shape index (κ2) is 7.29. The number of rotatable bonds is 6. The fraction of sp³-hybridized carbons (Fsp3) is 0.320. The first-order chi connectivity index (χ1) is 14.3. The van der Waals surface area contributed by atoms with E-state index in [-0.39, 0.29) is 29.8 Å². The highest BCUT2D eigenvalue weighted by Crippen LogP contribution is 2.63. The van der Waals surface area contributed by atoms with Crippen molar-refractivity contribution in [1.29, 1.82) is 0 Å². The van der Waals surface area contributed by atoms with Gasteiger partial charge in [0.2, 0.25) is 0 Å². The average molecular weight is 388 g/mol. The molecule has 4 unspecified atom stereocenters. The molecule has 4 heteroatoms. The van der Waals surface area contributed by atoms with Gasteiger partial charge in [0, 0.05) is 6.61 Å². The highest BCUT2D eigenvalue weighted by Gasteiger charge is 2.61. The van der Waals surface area contributed by atoms with Crippen molar-refractivity contribution in [3.63, 3.8) is 0 Å². The van der Waals surface area contributed by atoms with Crippen LogP contribution in [0.4, 0.5) is 0 Å². The van der Waals surface area contributed by atoms with Crippen LogP contribution in [0.3, 0.4) is 0 Å². The number of carbonyl (C=O) groups is 1. The van der Waals surface area contributed by atoms with Crippen molar-refractivity contribution in [2.45, 2.75) is 19.1 Å². The second-order valence-electron chi connectivity index (χ2n) is 7.61. The summed E-state index contributed by atoms with van der Waals surface area (Å²) in [6.07, 6.45) is 1.68. The number of ketones is 1. The first-order valence-corrected chi connectivity index (χ1v) is 10.2. The fourth-order valence-electron chi connectivity index (χ4n) is 5.07. The van der Waals surface area contributed by atoms with Crippen LogP contribution in [0, 0.1) is 11.8 Å². The van der Waals surface area contributed by atoms with E-state index in [1.807, 2.05) is 55.5 Å². The molecule has 1 fully saturated rings. The number of fused-ring (bicyclic) bond motifs is 8. The van der Waals surface area contributed by atoms with Crippen LogP contribution in [-0.4, -0.2) is 26.1 Å². The predicted octanol–water partition coefficient (Wildman–Crippen LogP) is 4.65. The van der Waals surface area contributed by atoms with E-state index in [0.717, 1.165) is 22.5 Å². The van der Waals surface area contributed by atoms with Gasteiger partial charge in [0.15, 0.2) is 5.78 Å². The van der Waals surface area contributed by atoms with E-state index in [2.05, 4.69) is 12.1 Å². The molecule has 0 aromatic heterocycles. The molecule has 0 amide bonds. The number of benzene rings is 2. The molecule has 1 saturated heterocycles. The smallest absolute Gasteiger partial charge is 0.173 e. The highest BCUT2D eigenvalue weighted by molar-refractivity contribution is 6.14. The van der Waals surface area contributed by atoms with Crippen molar-refractivity contribution >= 4 is 11.4 Å². The maximum absolute atomic E-state index is 13.7. The van der Waals surface area contributed by atoms with E-state index in [1.54, 1.807) is 7.11 Å². The van der Waals surface area contributed by atoms with Gasteiger partial charge in [-0.25, -0.2) is 0 Å². The average Bonchev–Trinajstić information content (AvgIpc) is 3.41. The van der Waals surface area contributed by atoms with Crippen molar-refractivity contribution in [2.24, 2.45) is 11.8 Å². The van der Waals surface area contributed by atoms with Crippen LogP contribution in [0.5, 0.6) is 0 Å². The predicted molar refractivity (Wildman–Crippen MR) is 110 cm³/mol. The first-order valence-electron chi connectivity index (χ1n) is 10.2. The molecular formula is C25H24O4. The van der Waals surface area contributed by atoms with Gasteiger partial charge >= 0.3 is 0 Å². The minimum atomic E-state index is -0.223. The van der Waals surface area contributed by atoms with Crippen molar-refractivity contribution < 1.29 is 19.0 Å². The van der Waals surface area contributed by atoms with Crippen molar-refractivity contribution in [1.82, 2.24) is 0 Å². The van der Waals surface area contributed by atoms with Crippen LogP contribution >= 0.6 is 0 Å². The normalized spacial score (nSPS) is 27.4. The third-order valence-corrected chi connectivity index (χ3v) is 6.22. The SMILES string of the molecule is CCOC/C=C(/C1=C(OC)C2C3OC(c4ccccc43)C2C1=O)c1ccccc1. The standard InChI is InChI=1S/C25H24O4/c1-3-28-14-13-16(15-9-5-4-6-10-15)19-22(26)20-21(25(19)27-2)24-18-12-8-7-11-17(18)23(20)29-24/h4-13,20-21,23-24H,3,14H2,1-2H3/b16-13+. The second-order valence-corrected chi connectivity index (χ2v) is 7.61. The molecule has 4 nitrogen and oxygen atoms in total. The molecule has 2 aromatic rings. The molecule has 2 bridgehead atoms. The molecule has 2 aliphatic heterocycles. The Balaban J connectivity index is 1.62. The van der Waals surface area contributed by atoms with E-state index in [0.29, 0.717) is 18.8 Å². The van der Waals surface area contributed by atoms with Gasteiger partial charge in [-0.05, 0) is 29.2 Å². The van der Waals surface area contributed by atoms with Gasteiger partial charge in [0.25, 0.3) is 0 Å². The summed E-state index contributed by atoms with van der Waals surface area (Å²) < 4.78 is 17.7. The summed E-state index contributed by atoms with van der Waals surface area (Å²) in [7, 11) is 1.66. The lowest BCUT2D eigenvalue weighted by molar-refractivity contribution is -0.120. The van der Waals surface area contributed by atoms with Crippen LogP contribution in [0.25, 0.3) is 5.57 Å². The Morgan fingerprint density at radius 1 is 1.00 bits per heavy atom. The zero-order valence-corrected chi connectivity index (χ0v) is 16.6. The number of carbonyl (C=O) groups excluding carboxylic acids is 1. The summed E-state index contributed by atoms with van der Waals surface area (Å²) >= 11 is 0. The van der Waals surface area contributed by atoms with E-state index >= 15 is 0 Å². The number of Topliss-reactive ketones (excluding diaryl/α,β-unsaturated/α-hetero) is 1. The minimum Gasteiger partial charge on any atom is -0.500 e. The molecule has 1 aliphatic carbocycles. The summed E-state index contributed by atoms with van der Waals surface area (Å²) in [5.41, 5.74) is 4.89. The van der Waals surface area contributed by atoms with Gasteiger partial charge in [-0.1, -0.05) is 60.7 Å². The van der Waals surface area contributed by atoms with Gasteiger partial charge in [0.1, 0.15) is 5.76 Å². The Hall–Kier alpha value is -2.69. The lowest BCUT2D eigenvalue weighted by atomic mass is 9.76. The van der Waals surface area contributed by atoms with E-state index in [9.17, 15) is 4.79 Å². The Labute approximate surface area is 170 Å². The molecule has 2 heterocycles. The largest absolute Gasteiger partial charge is 0.500 e. The molecule has 5 rings (SSSR count). The number of hydrogen-bond donors (Lipinski definition) is 0. The molecule has 148 valence electrons. The molecule has 0 spiro atoms. The highest BCUT2D eigenvalue weighted by atomic mass is 16.5. The monoisotopic (exact) mass is 388 g/mol. The van der Waals surface area contributed by atoms with Crippen molar-refractivity contribution in [3.05, 3.63) is 88.7 Å². The molecule has 2 aromatic carbocycles. The first kappa shape index (κ1) is 18.3. The van der Waals surface area contributed by atoms with E-state index in [1.165, 1.54) is 5.56 Å². The van der Waals surface area contributed by atoms with E-state index in [4.69, 9.17) is 14.2 Å². The molecule has 0 radical (unpaired) electrons. The van der Waals surface area contributed by atoms with Crippen LogP contribution < -0.4 is 0 Å². The van der Waals surface area contributed by atoms with Gasteiger partial charge in [-0.2, -0.15) is 0 Å². The fourth-order valence-corrected chi connectivity index (χ4v) is 5.07. The number of methoxy groups -OCH3 is 1. The van der Waals surface area contributed by atoms with Gasteiger partial charge in [0.05, 0.1) is 43.3 Å². The molecule has 0 N–H and O–H groups in total. The number of hydrogen-bond acceptors (Lipinski definition) is 4. The number of allylic oxidation sites excluding steroid dienone is 2. The van der Waals surface area contributed by atoms with Crippen molar-refractivity contribution in [3.8, 4) is 0 Å². The van der Waals surface area contributed by atoms with Crippen LogP contribution in [0.1, 0.15) is 35.8 Å². The van der Waals surface area contributed by atoms with Crippen LogP contribution in [0.2, 0.25) is 0 Å². The van der Waals surface area contributed by atoms with E-state index < -0.39 is 0 Å². The Bertz CT molecular complexity index is 1000. The molecule has 0 saturated carbocycles. The number of ether oxygens (including phenoxy) is 3. The third-order valence-electron chi connectivity index (χ3n) is 6.22. The zero-order chi connectivity index (χ0) is 20.0. The molecule has 3 aliphatic rings. The maximum atomic E-state index is 13.7. The summed E-state index contributed by atoms with van der Waals surface area (Å²) in [5, 5.41) is 0. The Morgan fingerprint density at radius 3 is 2.31 bits per heavy atom. The Morgan fingerprint density at radius 2 is 1.66 bits per heavy atom. The summed E-state index contributed by atoms with van der Waals surface area (Å²) in [6.45, 7) is 3.04. The van der Waals surface area contributed by atoms with Crippen molar-refractivity contribution in [2.75, 3.05) is 20.3 Å². The maximum Gasteiger partial charge on any atom is 0.173 e. The lowest BCUT2D eigenvalue weighted by Gasteiger charge is -2.23. The van der Waals surface area contributed by atoms with Crippen LogP contribution in [0.15, 0.2) is 72.0 Å². The quantitative estimate of drug-likeness (QED) is 0.676. The summed E-state index contributed by atoms with van der Waals surface area (Å²) in [6, 6.07) is 18.2.